The lowest BCUT2D eigenvalue weighted by Crippen LogP contribution is -1.95. The summed E-state index contributed by atoms with van der Waals surface area (Å²) in [4.78, 5) is 10.4. The minimum absolute atomic E-state index is 0.664. The van der Waals surface area contributed by atoms with Crippen molar-refractivity contribution in [3.63, 3.8) is 0 Å². The zero-order valence-corrected chi connectivity index (χ0v) is 32.5. The molecule has 3 nitrogen and oxygen atoms in total. The molecule has 0 unspecified atom stereocenters. The third kappa shape index (κ3) is 6.16. The fraction of sp³-hybridized carbons (Fsp3) is 0. The summed E-state index contributed by atoms with van der Waals surface area (Å²) in [6.07, 6.45) is 0. The van der Waals surface area contributed by atoms with Crippen LogP contribution < -0.4 is 0 Å². The molecule has 0 aliphatic carbocycles. The van der Waals surface area contributed by atoms with Crippen LogP contribution >= 0.6 is 0 Å². The molecular formula is C57H35N3. The van der Waals surface area contributed by atoms with E-state index in [-0.39, 0.29) is 0 Å². The minimum atomic E-state index is 0.664. The van der Waals surface area contributed by atoms with Gasteiger partial charge in [0.25, 0.3) is 0 Å². The van der Waals surface area contributed by atoms with Gasteiger partial charge in [-0.05, 0) is 107 Å². The first-order chi connectivity index (χ1) is 29.7. The van der Waals surface area contributed by atoms with Gasteiger partial charge in [0.15, 0.2) is 5.82 Å². The Hall–Kier alpha value is -8.19. The molecule has 10 aromatic carbocycles. The molecule has 278 valence electrons. The van der Waals surface area contributed by atoms with Crippen molar-refractivity contribution < 1.29 is 0 Å². The predicted molar refractivity (Wildman–Crippen MR) is 249 cm³/mol. The van der Waals surface area contributed by atoms with Gasteiger partial charge in [-0.3, -0.25) is 0 Å². The summed E-state index contributed by atoms with van der Waals surface area (Å²) in [5, 5.41) is 17.6. The molecule has 11 aromatic rings. The van der Waals surface area contributed by atoms with Gasteiger partial charge >= 0.3 is 0 Å². The maximum absolute atomic E-state index is 9.20. The van der Waals surface area contributed by atoms with Crippen LogP contribution in [0.4, 0.5) is 0 Å². The van der Waals surface area contributed by atoms with Crippen molar-refractivity contribution in [2.75, 3.05) is 0 Å². The fourth-order valence-electron chi connectivity index (χ4n) is 8.73. The first-order valence-corrected chi connectivity index (χ1v) is 20.2. The van der Waals surface area contributed by atoms with Crippen molar-refractivity contribution in [1.29, 1.82) is 5.26 Å². The zero-order valence-electron chi connectivity index (χ0n) is 32.5. The molecule has 0 amide bonds. The predicted octanol–water partition coefficient (Wildman–Crippen LogP) is 15.0. The molecule has 0 N–H and O–H groups in total. The maximum atomic E-state index is 9.20. The Bertz CT molecular complexity index is 3470. The van der Waals surface area contributed by atoms with Crippen LogP contribution in [-0.4, -0.2) is 9.97 Å². The second kappa shape index (κ2) is 14.6. The SMILES string of the molecule is N#Cc1ccc(-c2ccc(-c3ccc(-c4ccc(-c5nc(-c6cccc(-c7cc8ccccc8c8ccccc78)c6)c6ccccc6n5)cc4)c4ccccc34)cc2)cc1. The van der Waals surface area contributed by atoms with Gasteiger partial charge in [0.05, 0.1) is 22.8 Å². The van der Waals surface area contributed by atoms with Gasteiger partial charge in [-0.25, -0.2) is 9.97 Å². The van der Waals surface area contributed by atoms with E-state index in [0.29, 0.717) is 11.4 Å². The van der Waals surface area contributed by atoms with Crippen molar-refractivity contribution in [2.45, 2.75) is 0 Å². The smallest absolute Gasteiger partial charge is 0.160 e. The number of hydrogen-bond acceptors (Lipinski definition) is 3. The van der Waals surface area contributed by atoms with E-state index in [1.54, 1.807) is 0 Å². The monoisotopic (exact) mass is 761 g/mol. The van der Waals surface area contributed by atoms with Crippen LogP contribution in [0.5, 0.6) is 0 Å². The van der Waals surface area contributed by atoms with Gasteiger partial charge in [0.2, 0.25) is 0 Å². The fourth-order valence-corrected chi connectivity index (χ4v) is 8.73. The lowest BCUT2D eigenvalue weighted by atomic mass is 9.91. The standard InChI is InChI=1S/C57H35N3/c58-36-37-20-22-38(23-21-37)39-24-26-40(27-25-39)47-32-33-48(51-16-4-3-15-50(47)51)41-28-30-42(31-29-41)57-59-55-19-8-7-18-53(55)56(60-57)45-12-9-11-43(34-45)54-35-44-10-1-2-13-46(44)49-14-5-6-17-52(49)54/h1-35H. The molecule has 3 heteroatoms. The molecule has 0 saturated heterocycles. The number of rotatable bonds is 6. The number of nitriles is 1. The van der Waals surface area contributed by atoms with E-state index in [9.17, 15) is 5.26 Å². The summed E-state index contributed by atoms with van der Waals surface area (Å²) in [6.45, 7) is 0. The van der Waals surface area contributed by atoms with Gasteiger partial charge in [0, 0.05) is 16.5 Å². The molecule has 1 heterocycles. The highest BCUT2D eigenvalue weighted by molar-refractivity contribution is 6.14. The van der Waals surface area contributed by atoms with Crippen LogP contribution in [-0.2, 0) is 0 Å². The van der Waals surface area contributed by atoms with Gasteiger partial charge in [0.1, 0.15) is 0 Å². The molecule has 0 aliphatic rings. The largest absolute Gasteiger partial charge is 0.228 e. The van der Waals surface area contributed by atoms with E-state index in [1.165, 1.54) is 49.0 Å². The average molecular weight is 762 g/mol. The number of para-hydroxylation sites is 1. The summed E-state index contributed by atoms with van der Waals surface area (Å²) < 4.78 is 0. The van der Waals surface area contributed by atoms with Crippen LogP contribution in [0, 0.1) is 11.3 Å². The highest BCUT2D eigenvalue weighted by atomic mass is 14.9. The summed E-state index contributed by atoms with van der Waals surface area (Å²) in [6, 6.07) is 77.1. The first-order valence-electron chi connectivity index (χ1n) is 20.2. The quantitative estimate of drug-likeness (QED) is 0.159. The Morgan fingerprint density at radius 2 is 0.817 bits per heavy atom. The number of hydrogen-bond donors (Lipinski definition) is 0. The van der Waals surface area contributed by atoms with Gasteiger partial charge in [-0.15, -0.1) is 0 Å². The molecule has 60 heavy (non-hydrogen) atoms. The average Bonchev–Trinajstić information content (AvgIpc) is 3.33. The first kappa shape index (κ1) is 35.0. The molecule has 11 rings (SSSR count). The molecule has 0 radical (unpaired) electrons. The molecule has 0 saturated carbocycles. The lowest BCUT2D eigenvalue weighted by molar-refractivity contribution is 1.23. The van der Waals surface area contributed by atoms with Crippen LogP contribution in [0.15, 0.2) is 212 Å². The second-order valence-electron chi connectivity index (χ2n) is 15.2. The van der Waals surface area contributed by atoms with Crippen molar-refractivity contribution in [2.24, 2.45) is 0 Å². The van der Waals surface area contributed by atoms with Crippen molar-refractivity contribution in [3.05, 3.63) is 218 Å². The Labute approximate surface area is 348 Å². The van der Waals surface area contributed by atoms with Gasteiger partial charge < -0.3 is 0 Å². The van der Waals surface area contributed by atoms with Crippen LogP contribution in [0.1, 0.15) is 5.56 Å². The van der Waals surface area contributed by atoms with Crippen molar-refractivity contribution >= 4 is 43.2 Å². The highest BCUT2D eigenvalue weighted by Crippen LogP contribution is 2.39. The Morgan fingerprint density at radius 1 is 0.317 bits per heavy atom. The Balaban J connectivity index is 0.947. The normalized spacial score (nSPS) is 11.3. The third-order valence-corrected chi connectivity index (χ3v) is 11.7. The molecule has 1 aromatic heterocycles. The molecule has 0 fully saturated rings. The van der Waals surface area contributed by atoms with E-state index in [1.807, 2.05) is 30.3 Å². The highest BCUT2D eigenvalue weighted by Gasteiger charge is 2.16. The van der Waals surface area contributed by atoms with E-state index in [2.05, 4.69) is 188 Å². The molecule has 0 aliphatic heterocycles. The zero-order chi connectivity index (χ0) is 40.0. The van der Waals surface area contributed by atoms with Crippen LogP contribution in [0.25, 0.3) is 110 Å². The molecule has 0 atom stereocenters. The van der Waals surface area contributed by atoms with Crippen molar-refractivity contribution in [3.8, 4) is 73.2 Å². The van der Waals surface area contributed by atoms with Crippen LogP contribution in [0.3, 0.4) is 0 Å². The number of benzene rings is 10. The summed E-state index contributed by atoms with van der Waals surface area (Å²) in [7, 11) is 0. The topological polar surface area (TPSA) is 49.6 Å². The number of aromatic nitrogens is 2. The Kier molecular flexibility index (Phi) is 8.54. The third-order valence-electron chi connectivity index (χ3n) is 11.7. The van der Waals surface area contributed by atoms with Gasteiger partial charge in [-0.1, -0.05) is 182 Å². The molecule has 0 bridgehead atoms. The lowest BCUT2D eigenvalue weighted by Gasteiger charge is -2.14. The Morgan fingerprint density at radius 3 is 1.47 bits per heavy atom. The van der Waals surface area contributed by atoms with E-state index >= 15 is 0 Å². The summed E-state index contributed by atoms with van der Waals surface area (Å²) in [5.41, 5.74) is 13.7. The minimum Gasteiger partial charge on any atom is -0.228 e. The van der Waals surface area contributed by atoms with Gasteiger partial charge in [-0.2, -0.15) is 5.26 Å². The molecule has 0 spiro atoms. The van der Waals surface area contributed by atoms with E-state index in [0.717, 1.165) is 55.5 Å². The molecular weight excluding hydrogens is 727 g/mol. The van der Waals surface area contributed by atoms with E-state index < -0.39 is 0 Å². The summed E-state index contributed by atoms with van der Waals surface area (Å²) >= 11 is 0. The van der Waals surface area contributed by atoms with Crippen molar-refractivity contribution in [1.82, 2.24) is 9.97 Å². The van der Waals surface area contributed by atoms with Crippen LogP contribution in [0.2, 0.25) is 0 Å². The number of fused-ring (bicyclic) bond motifs is 5. The summed E-state index contributed by atoms with van der Waals surface area (Å²) in [5.74, 6) is 0.696. The number of nitrogens with zero attached hydrogens (tertiary/aromatic N) is 3. The van der Waals surface area contributed by atoms with E-state index in [4.69, 9.17) is 9.97 Å². The maximum Gasteiger partial charge on any atom is 0.160 e. The second-order valence-corrected chi connectivity index (χ2v) is 15.2.